The van der Waals surface area contributed by atoms with Crippen molar-refractivity contribution in [3.8, 4) is 0 Å². The Labute approximate surface area is 113 Å². The molecule has 0 aromatic carbocycles. The second-order valence-corrected chi connectivity index (χ2v) is 7.08. The Morgan fingerprint density at radius 1 is 1.17 bits per heavy atom. The lowest BCUT2D eigenvalue weighted by molar-refractivity contribution is 0.165. The highest BCUT2D eigenvalue weighted by atomic mass is 15.1. The van der Waals surface area contributed by atoms with E-state index in [4.69, 9.17) is 0 Å². The van der Waals surface area contributed by atoms with Crippen molar-refractivity contribution in [3.63, 3.8) is 0 Å². The third kappa shape index (κ3) is 2.75. The summed E-state index contributed by atoms with van der Waals surface area (Å²) < 4.78 is 0. The van der Waals surface area contributed by atoms with Gasteiger partial charge in [0.15, 0.2) is 0 Å². The molecule has 1 atom stereocenters. The van der Waals surface area contributed by atoms with Crippen molar-refractivity contribution < 1.29 is 0 Å². The molecule has 1 N–H and O–H groups in total. The summed E-state index contributed by atoms with van der Waals surface area (Å²) in [4.78, 5) is 2.59. The lowest BCUT2D eigenvalue weighted by atomic mass is 9.89. The van der Waals surface area contributed by atoms with Crippen molar-refractivity contribution in [2.45, 2.75) is 58.4 Å². The summed E-state index contributed by atoms with van der Waals surface area (Å²) in [5, 5.41) is 3.89. The third-order valence-electron chi connectivity index (χ3n) is 5.90. The zero-order valence-corrected chi connectivity index (χ0v) is 12.3. The second-order valence-electron chi connectivity index (χ2n) is 7.08. The van der Waals surface area contributed by atoms with Crippen molar-refractivity contribution in [1.29, 1.82) is 0 Å². The van der Waals surface area contributed by atoms with E-state index in [0.717, 1.165) is 23.3 Å². The van der Waals surface area contributed by atoms with Gasteiger partial charge in [-0.25, -0.2) is 0 Å². The molecule has 2 nitrogen and oxygen atoms in total. The first kappa shape index (κ1) is 12.9. The van der Waals surface area contributed by atoms with E-state index in [1.807, 2.05) is 0 Å². The smallest absolute Gasteiger partial charge is 0.00681 e. The highest BCUT2D eigenvalue weighted by Crippen LogP contribution is 2.60. The summed E-state index contributed by atoms with van der Waals surface area (Å²) in [6.45, 7) is 9.90. The van der Waals surface area contributed by atoms with Gasteiger partial charge in [-0.3, -0.25) is 0 Å². The zero-order chi connectivity index (χ0) is 12.6. The minimum absolute atomic E-state index is 0.736. The van der Waals surface area contributed by atoms with Crippen LogP contribution in [0.4, 0.5) is 0 Å². The minimum Gasteiger partial charge on any atom is -0.313 e. The first-order valence-electron chi connectivity index (χ1n) is 8.19. The molecule has 2 heteroatoms. The lowest BCUT2D eigenvalue weighted by Crippen LogP contribution is -2.43. The Balaban J connectivity index is 1.40. The molecule has 2 saturated carbocycles. The summed E-state index contributed by atoms with van der Waals surface area (Å²) in [5.74, 6) is 2.02. The van der Waals surface area contributed by atoms with Gasteiger partial charge in [-0.05, 0) is 82.3 Å². The highest BCUT2D eigenvalue weighted by molar-refractivity contribution is 5.05. The molecular weight excluding hydrogens is 220 g/mol. The van der Waals surface area contributed by atoms with Crippen molar-refractivity contribution in [1.82, 2.24) is 10.2 Å². The predicted octanol–water partition coefficient (Wildman–Crippen LogP) is 2.89. The Kier molecular flexibility index (Phi) is 3.68. The van der Waals surface area contributed by atoms with Crippen LogP contribution in [0.2, 0.25) is 0 Å². The lowest BCUT2D eigenvalue weighted by Gasteiger charge is -2.35. The topological polar surface area (TPSA) is 15.3 Å². The zero-order valence-electron chi connectivity index (χ0n) is 12.3. The van der Waals surface area contributed by atoms with Crippen LogP contribution in [0, 0.1) is 17.3 Å². The monoisotopic (exact) mass is 250 g/mol. The van der Waals surface area contributed by atoms with Crippen LogP contribution >= 0.6 is 0 Å². The molecule has 18 heavy (non-hydrogen) atoms. The first-order valence-corrected chi connectivity index (χ1v) is 8.19. The fraction of sp³-hybridized carbons (Fsp3) is 1.00. The summed E-state index contributed by atoms with van der Waals surface area (Å²) in [6.07, 6.45) is 8.85. The van der Waals surface area contributed by atoms with Gasteiger partial charge < -0.3 is 10.2 Å². The molecule has 0 aromatic heterocycles. The second kappa shape index (κ2) is 5.13. The van der Waals surface area contributed by atoms with Crippen molar-refractivity contribution in [2.24, 2.45) is 17.3 Å². The van der Waals surface area contributed by atoms with Gasteiger partial charge in [0.25, 0.3) is 0 Å². The van der Waals surface area contributed by atoms with E-state index in [1.54, 1.807) is 0 Å². The Morgan fingerprint density at radius 3 is 2.33 bits per heavy atom. The van der Waals surface area contributed by atoms with E-state index in [-0.39, 0.29) is 0 Å². The average molecular weight is 250 g/mol. The van der Waals surface area contributed by atoms with Crippen LogP contribution in [0.25, 0.3) is 0 Å². The fourth-order valence-corrected chi connectivity index (χ4v) is 3.89. The van der Waals surface area contributed by atoms with Gasteiger partial charge in [-0.1, -0.05) is 6.92 Å². The van der Waals surface area contributed by atoms with E-state index in [1.165, 1.54) is 64.7 Å². The maximum absolute atomic E-state index is 3.89. The van der Waals surface area contributed by atoms with E-state index < -0.39 is 0 Å². The molecule has 1 unspecified atom stereocenters. The van der Waals surface area contributed by atoms with Gasteiger partial charge in [0.05, 0.1) is 0 Å². The van der Waals surface area contributed by atoms with Crippen molar-refractivity contribution in [2.75, 3.05) is 26.2 Å². The highest BCUT2D eigenvalue weighted by Gasteiger charge is 2.53. The molecule has 2 aliphatic carbocycles. The molecule has 1 saturated heterocycles. The summed E-state index contributed by atoms with van der Waals surface area (Å²) in [5.41, 5.74) is 0.762. The number of likely N-dealkylation sites (tertiary alicyclic amines) is 1. The van der Waals surface area contributed by atoms with Crippen LogP contribution in [0.5, 0.6) is 0 Å². The largest absolute Gasteiger partial charge is 0.313 e. The molecule has 0 bridgehead atoms. The SMILES string of the molecule is CCN1CCC(C(C)NCC2(C3CC3)CC2)CC1. The maximum atomic E-state index is 3.89. The van der Waals surface area contributed by atoms with E-state index in [2.05, 4.69) is 24.1 Å². The number of rotatable bonds is 6. The van der Waals surface area contributed by atoms with Gasteiger partial charge in [0, 0.05) is 12.6 Å². The summed E-state index contributed by atoms with van der Waals surface area (Å²) >= 11 is 0. The van der Waals surface area contributed by atoms with Gasteiger partial charge >= 0.3 is 0 Å². The van der Waals surface area contributed by atoms with E-state index >= 15 is 0 Å². The van der Waals surface area contributed by atoms with Crippen LogP contribution in [0.3, 0.4) is 0 Å². The standard InChI is InChI=1S/C16H30N2/c1-3-18-10-6-14(7-11-18)13(2)17-12-16(8-9-16)15-4-5-15/h13-15,17H,3-12H2,1-2H3. The van der Waals surface area contributed by atoms with Crippen molar-refractivity contribution >= 4 is 0 Å². The van der Waals surface area contributed by atoms with Crippen LogP contribution < -0.4 is 5.32 Å². The Hall–Kier alpha value is -0.0800. The number of nitrogens with one attached hydrogen (secondary N) is 1. The molecule has 1 heterocycles. The van der Waals surface area contributed by atoms with Crippen LogP contribution in [0.15, 0.2) is 0 Å². The minimum atomic E-state index is 0.736. The van der Waals surface area contributed by atoms with Crippen LogP contribution in [-0.2, 0) is 0 Å². The van der Waals surface area contributed by atoms with Gasteiger partial charge in [-0.2, -0.15) is 0 Å². The molecule has 0 spiro atoms. The maximum Gasteiger partial charge on any atom is 0.00681 e. The first-order chi connectivity index (χ1) is 8.73. The summed E-state index contributed by atoms with van der Waals surface area (Å²) in [7, 11) is 0. The molecular formula is C16H30N2. The molecule has 1 aliphatic heterocycles. The molecule has 0 amide bonds. The third-order valence-corrected chi connectivity index (χ3v) is 5.90. The molecule has 0 radical (unpaired) electrons. The fourth-order valence-electron chi connectivity index (χ4n) is 3.89. The summed E-state index contributed by atoms with van der Waals surface area (Å²) in [6, 6.07) is 0.736. The van der Waals surface area contributed by atoms with Crippen LogP contribution in [0.1, 0.15) is 52.4 Å². The molecule has 0 aromatic rings. The Morgan fingerprint density at radius 2 is 1.83 bits per heavy atom. The molecule has 3 rings (SSSR count). The average Bonchev–Trinajstić information content (AvgIpc) is 3.28. The van der Waals surface area contributed by atoms with Crippen molar-refractivity contribution in [3.05, 3.63) is 0 Å². The van der Waals surface area contributed by atoms with Gasteiger partial charge in [0.2, 0.25) is 0 Å². The number of hydrogen-bond donors (Lipinski definition) is 1. The van der Waals surface area contributed by atoms with Crippen LogP contribution in [-0.4, -0.2) is 37.1 Å². The molecule has 3 fully saturated rings. The quantitative estimate of drug-likeness (QED) is 0.780. The van der Waals surface area contributed by atoms with E-state index in [9.17, 15) is 0 Å². The number of hydrogen-bond acceptors (Lipinski definition) is 2. The normalized spacial score (nSPS) is 30.3. The molecule has 3 aliphatic rings. The van der Waals surface area contributed by atoms with Gasteiger partial charge in [0.1, 0.15) is 0 Å². The van der Waals surface area contributed by atoms with E-state index in [0.29, 0.717) is 0 Å². The van der Waals surface area contributed by atoms with Gasteiger partial charge in [-0.15, -0.1) is 0 Å². The Bertz CT molecular complexity index is 273. The predicted molar refractivity (Wildman–Crippen MR) is 76.7 cm³/mol. The number of piperidine rings is 1. The molecule has 104 valence electrons. The number of nitrogens with zero attached hydrogens (tertiary/aromatic N) is 1.